The molecule has 0 saturated carbocycles. The van der Waals surface area contributed by atoms with Crippen LogP contribution in [0.25, 0.3) is 0 Å². The molecule has 0 aliphatic heterocycles. The van der Waals surface area contributed by atoms with Gasteiger partial charge in [0.2, 0.25) is 10.0 Å². The smallest absolute Gasteiger partial charge is 0.214 e. The Hall–Kier alpha value is -1.11. The van der Waals surface area contributed by atoms with Crippen molar-refractivity contribution in [2.75, 3.05) is 26.4 Å². The number of benzene rings is 1. The van der Waals surface area contributed by atoms with E-state index in [1.54, 1.807) is 24.3 Å². The number of rotatable bonds is 6. The van der Waals surface area contributed by atoms with Gasteiger partial charge in [-0.1, -0.05) is 12.1 Å². The van der Waals surface area contributed by atoms with E-state index in [0.29, 0.717) is 13.1 Å². The molecule has 2 N–H and O–H groups in total. The van der Waals surface area contributed by atoms with Crippen molar-refractivity contribution >= 4 is 10.0 Å². The second kappa shape index (κ2) is 6.00. The lowest BCUT2D eigenvalue weighted by Gasteiger charge is -2.11. The van der Waals surface area contributed by atoms with E-state index in [9.17, 15) is 8.42 Å². The highest BCUT2D eigenvalue weighted by molar-refractivity contribution is 7.89. The van der Waals surface area contributed by atoms with Crippen LogP contribution in [0.3, 0.4) is 0 Å². The van der Waals surface area contributed by atoms with Crippen LogP contribution in [0.15, 0.2) is 24.3 Å². The first-order valence-corrected chi connectivity index (χ1v) is 6.91. The Morgan fingerprint density at radius 2 is 1.82 bits per heavy atom. The van der Waals surface area contributed by atoms with Crippen LogP contribution in [0, 0.1) is 0 Å². The number of nitrogens with one attached hydrogen (secondary N) is 1. The summed E-state index contributed by atoms with van der Waals surface area (Å²) in [6.45, 7) is 0.991. The summed E-state index contributed by atoms with van der Waals surface area (Å²) in [5, 5.41) is 12.1. The van der Waals surface area contributed by atoms with Gasteiger partial charge in [0.15, 0.2) is 0 Å². The van der Waals surface area contributed by atoms with Crippen LogP contribution in [0.1, 0.15) is 5.56 Å². The third-order valence-electron chi connectivity index (χ3n) is 2.36. The molecule has 1 aromatic rings. The molecule has 0 aliphatic rings. The van der Waals surface area contributed by atoms with Crippen molar-refractivity contribution in [2.24, 2.45) is 0 Å². The number of phenols is 1. The molecular formula is C11H18N2O3S. The van der Waals surface area contributed by atoms with E-state index in [0.717, 1.165) is 5.56 Å². The molecule has 1 aromatic carbocycles. The first kappa shape index (κ1) is 14.0. The van der Waals surface area contributed by atoms with Crippen LogP contribution in [0.5, 0.6) is 5.75 Å². The average molecular weight is 258 g/mol. The Bertz CT molecular complexity index is 440. The van der Waals surface area contributed by atoms with Crippen molar-refractivity contribution in [3.05, 3.63) is 29.8 Å². The maximum absolute atomic E-state index is 11.4. The van der Waals surface area contributed by atoms with E-state index < -0.39 is 10.0 Å². The molecule has 0 bridgehead atoms. The van der Waals surface area contributed by atoms with Crippen LogP contribution in [0.2, 0.25) is 0 Å². The van der Waals surface area contributed by atoms with Gasteiger partial charge in [-0.05, 0) is 17.7 Å². The number of sulfonamides is 1. The molecule has 6 heteroatoms. The van der Waals surface area contributed by atoms with Gasteiger partial charge in [0, 0.05) is 27.2 Å². The SMILES string of the molecule is CN(C)S(=O)(=O)CCNCc1ccc(O)cc1. The fourth-order valence-electron chi connectivity index (χ4n) is 1.23. The minimum absolute atomic E-state index is 0.0814. The first-order chi connectivity index (χ1) is 7.92. The molecule has 0 saturated heterocycles. The van der Waals surface area contributed by atoms with Crippen LogP contribution in [-0.2, 0) is 16.6 Å². The number of aromatic hydroxyl groups is 1. The molecule has 0 amide bonds. The zero-order valence-electron chi connectivity index (χ0n) is 10.0. The Morgan fingerprint density at radius 1 is 1.24 bits per heavy atom. The Balaban J connectivity index is 2.32. The van der Waals surface area contributed by atoms with Crippen molar-refractivity contribution < 1.29 is 13.5 Å². The predicted molar refractivity (Wildman–Crippen MR) is 67.3 cm³/mol. The van der Waals surface area contributed by atoms with Gasteiger partial charge in [-0.3, -0.25) is 0 Å². The van der Waals surface area contributed by atoms with Crippen LogP contribution < -0.4 is 5.32 Å². The average Bonchev–Trinajstić information content (AvgIpc) is 2.26. The molecule has 0 aliphatic carbocycles. The number of hydrogen-bond donors (Lipinski definition) is 2. The highest BCUT2D eigenvalue weighted by Gasteiger charge is 2.12. The van der Waals surface area contributed by atoms with Gasteiger partial charge in [0.1, 0.15) is 5.75 Å². The zero-order valence-corrected chi connectivity index (χ0v) is 10.9. The van der Waals surface area contributed by atoms with Gasteiger partial charge in [-0.15, -0.1) is 0 Å². The quantitative estimate of drug-likeness (QED) is 0.723. The molecule has 0 atom stereocenters. The highest BCUT2D eigenvalue weighted by Crippen LogP contribution is 2.08. The van der Waals surface area contributed by atoms with E-state index in [1.807, 2.05) is 0 Å². The molecule has 0 radical (unpaired) electrons. The number of hydrogen-bond acceptors (Lipinski definition) is 4. The summed E-state index contributed by atoms with van der Waals surface area (Å²) in [4.78, 5) is 0. The lowest BCUT2D eigenvalue weighted by atomic mass is 10.2. The fourth-order valence-corrected chi connectivity index (χ4v) is 2.00. The highest BCUT2D eigenvalue weighted by atomic mass is 32.2. The van der Waals surface area contributed by atoms with E-state index in [4.69, 9.17) is 5.11 Å². The van der Waals surface area contributed by atoms with E-state index in [-0.39, 0.29) is 11.5 Å². The van der Waals surface area contributed by atoms with Crippen molar-refractivity contribution in [3.63, 3.8) is 0 Å². The van der Waals surface area contributed by atoms with Crippen molar-refractivity contribution in [1.29, 1.82) is 0 Å². The molecule has 17 heavy (non-hydrogen) atoms. The third kappa shape index (κ3) is 4.72. The van der Waals surface area contributed by atoms with E-state index >= 15 is 0 Å². The molecule has 1 rings (SSSR count). The maximum Gasteiger partial charge on any atom is 0.214 e. The molecule has 0 unspecified atom stereocenters. The summed E-state index contributed by atoms with van der Waals surface area (Å²) in [6, 6.07) is 6.80. The van der Waals surface area contributed by atoms with Gasteiger partial charge in [-0.2, -0.15) is 0 Å². The lowest BCUT2D eigenvalue weighted by Crippen LogP contribution is -2.30. The molecule has 0 aromatic heterocycles. The minimum Gasteiger partial charge on any atom is -0.508 e. The summed E-state index contributed by atoms with van der Waals surface area (Å²) >= 11 is 0. The molecule has 0 fully saturated rings. The largest absolute Gasteiger partial charge is 0.508 e. The minimum atomic E-state index is -3.13. The third-order valence-corrected chi connectivity index (χ3v) is 4.19. The lowest BCUT2D eigenvalue weighted by molar-refractivity contribution is 0.475. The summed E-state index contributed by atoms with van der Waals surface area (Å²) < 4.78 is 24.1. The maximum atomic E-state index is 11.4. The van der Waals surface area contributed by atoms with Crippen molar-refractivity contribution in [2.45, 2.75) is 6.54 Å². The van der Waals surface area contributed by atoms with Gasteiger partial charge >= 0.3 is 0 Å². The predicted octanol–water partition coefficient (Wildman–Crippen LogP) is 0.373. The Morgan fingerprint density at radius 3 is 2.35 bits per heavy atom. The van der Waals surface area contributed by atoms with Crippen molar-refractivity contribution in [3.8, 4) is 5.75 Å². The van der Waals surface area contributed by atoms with Gasteiger partial charge in [0.05, 0.1) is 5.75 Å². The fraction of sp³-hybridized carbons (Fsp3) is 0.455. The summed E-state index contributed by atoms with van der Waals surface area (Å²) in [7, 11) is -0.0823. The summed E-state index contributed by atoms with van der Waals surface area (Å²) in [6.07, 6.45) is 0. The second-order valence-electron chi connectivity index (χ2n) is 3.94. The van der Waals surface area contributed by atoms with Crippen LogP contribution in [0.4, 0.5) is 0 Å². The Kier molecular flexibility index (Phi) is 4.92. The van der Waals surface area contributed by atoms with Crippen LogP contribution >= 0.6 is 0 Å². The molecule has 0 spiro atoms. The normalized spacial score (nSPS) is 11.9. The summed E-state index contributed by atoms with van der Waals surface area (Å²) in [5.74, 6) is 0.307. The van der Waals surface area contributed by atoms with E-state index in [2.05, 4.69) is 5.32 Å². The Labute approximate surface area is 102 Å². The molecular weight excluding hydrogens is 240 g/mol. The summed E-state index contributed by atoms with van der Waals surface area (Å²) in [5.41, 5.74) is 1.00. The van der Waals surface area contributed by atoms with Crippen molar-refractivity contribution in [1.82, 2.24) is 9.62 Å². The standard InChI is InChI=1S/C11H18N2O3S/c1-13(2)17(15,16)8-7-12-9-10-3-5-11(14)6-4-10/h3-6,12,14H,7-9H2,1-2H3. The van der Waals surface area contributed by atoms with E-state index in [1.165, 1.54) is 18.4 Å². The van der Waals surface area contributed by atoms with Gasteiger partial charge < -0.3 is 10.4 Å². The topological polar surface area (TPSA) is 69.6 Å². The van der Waals surface area contributed by atoms with Crippen LogP contribution in [-0.4, -0.2) is 44.2 Å². The second-order valence-corrected chi connectivity index (χ2v) is 6.24. The number of phenolic OH excluding ortho intramolecular Hbond substituents is 1. The zero-order chi connectivity index (χ0) is 12.9. The van der Waals surface area contributed by atoms with Gasteiger partial charge in [-0.25, -0.2) is 12.7 Å². The number of nitrogens with zero attached hydrogens (tertiary/aromatic N) is 1. The molecule has 5 nitrogen and oxygen atoms in total. The van der Waals surface area contributed by atoms with Gasteiger partial charge in [0.25, 0.3) is 0 Å². The molecule has 0 heterocycles. The molecule has 96 valence electrons. The monoisotopic (exact) mass is 258 g/mol. The first-order valence-electron chi connectivity index (χ1n) is 5.30.